The Balaban J connectivity index is 1.96. The normalized spacial score (nSPS) is 17.1. The molecule has 0 aliphatic carbocycles. The van der Waals surface area contributed by atoms with Gasteiger partial charge in [0.15, 0.2) is 0 Å². The highest BCUT2D eigenvalue weighted by molar-refractivity contribution is 5.41. The number of nitrogens with zero attached hydrogens (tertiary/aromatic N) is 2. The number of hydrogen-bond donors (Lipinski definition) is 2. The van der Waals surface area contributed by atoms with Crippen molar-refractivity contribution in [1.82, 2.24) is 15.3 Å². The van der Waals surface area contributed by atoms with Gasteiger partial charge < -0.3 is 10.6 Å². The smallest absolute Gasteiger partial charge is 0.147 e. The Morgan fingerprint density at radius 1 is 1.06 bits per heavy atom. The zero-order valence-electron chi connectivity index (χ0n) is 11.0. The van der Waals surface area contributed by atoms with Crippen molar-refractivity contribution >= 4 is 5.82 Å². The van der Waals surface area contributed by atoms with Crippen LogP contribution in [0.5, 0.6) is 0 Å². The molecule has 2 rings (SSSR count). The van der Waals surface area contributed by atoms with Gasteiger partial charge in [-0.05, 0) is 52.6 Å². The standard InChI is InChI=1S/C13H22N4/c1-9-10(2)17-13(11(3)16-9)15-8-12-4-6-14-7-5-12/h12,14H,4-8H2,1-3H3,(H,15,17). The van der Waals surface area contributed by atoms with E-state index in [1.165, 1.54) is 12.8 Å². The fourth-order valence-corrected chi connectivity index (χ4v) is 2.21. The van der Waals surface area contributed by atoms with Gasteiger partial charge in [0, 0.05) is 6.54 Å². The molecule has 0 bridgehead atoms. The lowest BCUT2D eigenvalue weighted by atomic mass is 9.98. The monoisotopic (exact) mass is 234 g/mol. The van der Waals surface area contributed by atoms with Crippen molar-refractivity contribution < 1.29 is 0 Å². The minimum atomic E-state index is 0.763. The van der Waals surface area contributed by atoms with Crippen LogP contribution in [0.2, 0.25) is 0 Å². The Kier molecular flexibility index (Phi) is 3.94. The molecule has 1 saturated heterocycles. The zero-order chi connectivity index (χ0) is 12.3. The molecule has 0 unspecified atom stereocenters. The third-order valence-corrected chi connectivity index (χ3v) is 3.50. The lowest BCUT2D eigenvalue weighted by molar-refractivity contribution is 0.389. The molecule has 1 aliphatic rings. The van der Waals surface area contributed by atoms with Crippen LogP contribution in [0.4, 0.5) is 5.82 Å². The average molecular weight is 234 g/mol. The number of nitrogens with one attached hydrogen (secondary N) is 2. The van der Waals surface area contributed by atoms with Crippen LogP contribution in [-0.4, -0.2) is 29.6 Å². The quantitative estimate of drug-likeness (QED) is 0.837. The molecule has 0 amide bonds. The minimum Gasteiger partial charge on any atom is -0.368 e. The molecule has 17 heavy (non-hydrogen) atoms. The first kappa shape index (κ1) is 12.3. The summed E-state index contributed by atoms with van der Waals surface area (Å²) in [6.45, 7) is 9.33. The molecule has 0 spiro atoms. The predicted molar refractivity (Wildman–Crippen MR) is 70.3 cm³/mol. The molecule has 94 valence electrons. The van der Waals surface area contributed by atoms with Crippen molar-refractivity contribution in [2.45, 2.75) is 33.6 Å². The Labute approximate surface area is 103 Å². The number of rotatable bonds is 3. The molecule has 1 aromatic heterocycles. The highest BCUT2D eigenvalue weighted by atomic mass is 15.0. The van der Waals surface area contributed by atoms with Gasteiger partial charge in [-0.25, -0.2) is 4.98 Å². The van der Waals surface area contributed by atoms with Crippen molar-refractivity contribution in [2.24, 2.45) is 5.92 Å². The predicted octanol–water partition coefficient (Wildman–Crippen LogP) is 1.81. The fourth-order valence-electron chi connectivity index (χ4n) is 2.21. The van der Waals surface area contributed by atoms with Gasteiger partial charge in [-0.3, -0.25) is 4.98 Å². The van der Waals surface area contributed by atoms with Crippen LogP contribution >= 0.6 is 0 Å². The highest BCUT2D eigenvalue weighted by Crippen LogP contribution is 2.15. The zero-order valence-corrected chi connectivity index (χ0v) is 11.0. The summed E-state index contributed by atoms with van der Waals surface area (Å²) >= 11 is 0. The summed E-state index contributed by atoms with van der Waals surface area (Å²) in [6.07, 6.45) is 2.51. The number of hydrogen-bond acceptors (Lipinski definition) is 4. The van der Waals surface area contributed by atoms with Crippen LogP contribution in [0.25, 0.3) is 0 Å². The molecular formula is C13H22N4. The van der Waals surface area contributed by atoms with Crippen LogP contribution in [-0.2, 0) is 0 Å². The van der Waals surface area contributed by atoms with E-state index < -0.39 is 0 Å². The second kappa shape index (κ2) is 5.45. The topological polar surface area (TPSA) is 49.8 Å². The molecule has 1 aromatic rings. The van der Waals surface area contributed by atoms with E-state index in [0.29, 0.717) is 0 Å². The van der Waals surface area contributed by atoms with Crippen molar-refractivity contribution in [3.63, 3.8) is 0 Å². The number of anilines is 1. The van der Waals surface area contributed by atoms with Crippen LogP contribution in [0.15, 0.2) is 0 Å². The van der Waals surface area contributed by atoms with E-state index in [1.807, 2.05) is 20.8 Å². The highest BCUT2D eigenvalue weighted by Gasteiger charge is 2.13. The Hall–Kier alpha value is -1.16. The Bertz CT molecular complexity index is 383. The van der Waals surface area contributed by atoms with Gasteiger partial charge in [0.25, 0.3) is 0 Å². The lowest BCUT2D eigenvalue weighted by Gasteiger charge is -2.23. The van der Waals surface area contributed by atoms with Gasteiger partial charge in [-0.15, -0.1) is 0 Å². The van der Waals surface area contributed by atoms with Gasteiger partial charge in [0.2, 0.25) is 0 Å². The summed E-state index contributed by atoms with van der Waals surface area (Å²) in [7, 11) is 0. The summed E-state index contributed by atoms with van der Waals surface area (Å²) in [6, 6.07) is 0. The molecule has 1 aliphatic heterocycles. The molecule has 1 fully saturated rings. The molecule has 0 atom stereocenters. The van der Waals surface area contributed by atoms with E-state index in [2.05, 4.69) is 20.6 Å². The third-order valence-electron chi connectivity index (χ3n) is 3.50. The van der Waals surface area contributed by atoms with Crippen molar-refractivity contribution in [3.05, 3.63) is 17.1 Å². The van der Waals surface area contributed by atoms with Crippen LogP contribution in [0, 0.1) is 26.7 Å². The van der Waals surface area contributed by atoms with E-state index >= 15 is 0 Å². The molecule has 4 nitrogen and oxygen atoms in total. The van der Waals surface area contributed by atoms with E-state index in [0.717, 1.165) is 48.5 Å². The van der Waals surface area contributed by atoms with Crippen LogP contribution < -0.4 is 10.6 Å². The Morgan fingerprint density at radius 2 is 1.71 bits per heavy atom. The molecular weight excluding hydrogens is 212 g/mol. The lowest BCUT2D eigenvalue weighted by Crippen LogP contribution is -2.31. The van der Waals surface area contributed by atoms with Gasteiger partial charge in [-0.2, -0.15) is 0 Å². The summed E-state index contributed by atoms with van der Waals surface area (Å²) in [5.41, 5.74) is 3.04. The first-order valence-electron chi connectivity index (χ1n) is 6.43. The molecule has 0 saturated carbocycles. The second-order valence-corrected chi connectivity index (χ2v) is 4.90. The minimum absolute atomic E-state index is 0.763. The first-order valence-corrected chi connectivity index (χ1v) is 6.43. The van der Waals surface area contributed by atoms with E-state index in [9.17, 15) is 0 Å². The molecule has 2 N–H and O–H groups in total. The van der Waals surface area contributed by atoms with Gasteiger partial charge in [0.1, 0.15) is 5.82 Å². The van der Waals surface area contributed by atoms with Gasteiger partial charge in [0.05, 0.1) is 17.1 Å². The van der Waals surface area contributed by atoms with E-state index in [4.69, 9.17) is 0 Å². The van der Waals surface area contributed by atoms with Crippen molar-refractivity contribution in [3.8, 4) is 0 Å². The van der Waals surface area contributed by atoms with Crippen LogP contribution in [0.1, 0.15) is 29.9 Å². The van der Waals surface area contributed by atoms with Gasteiger partial charge >= 0.3 is 0 Å². The summed E-state index contributed by atoms with van der Waals surface area (Å²) in [5, 5.41) is 6.83. The largest absolute Gasteiger partial charge is 0.368 e. The van der Waals surface area contributed by atoms with Crippen molar-refractivity contribution in [1.29, 1.82) is 0 Å². The van der Waals surface area contributed by atoms with Crippen molar-refractivity contribution in [2.75, 3.05) is 25.0 Å². The number of piperidine rings is 1. The molecule has 4 heteroatoms. The summed E-state index contributed by atoms with van der Waals surface area (Å²) in [4.78, 5) is 9.07. The number of aromatic nitrogens is 2. The third kappa shape index (κ3) is 3.16. The first-order chi connectivity index (χ1) is 8.16. The van der Waals surface area contributed by atoms with E-state index in [-0.39, 0.29) is 0 Å². The SMILES string of the molecule is Cc1nc(C)c(NCC2CCNCC2)nc1C. The molecule has 2 heterocycles. The average Bonchev–Trinajstić information content (AvgIpc) is 2.33. The molecule has 0 aromatic carbocycles. The summed E-state index contributed by atoms with van der Waals surface area (Å²) in [5.74, 6) is 1.71. The maximum absolute atomic E-state index is 4.57. The van der Waals surface area contributed by atoms with Gasteiger partial charge in [-0.1, -0.05) is 0 Å². The van der Waals surface area contributed by atoms with E-state index in [1.54, 1.807) is 0 Å². The van der Waals surface area contributed by atoms with Crippen LogP contribution in [0.3, 0.4) is 0 Å². The number of aryl methyl sites for hydroxylation is 3. The second-order valence-electron chi connectivity index (χ2n) is 4.90. The Morgan fingerprint density at radius 3 is 2.41 bits per heavy atom. The summed E-state index contributed by atoms with van der Waals surface area (Å²) < 4.78 is 0. The maximum atomic E-state index is 4.57. The molecule has 0 radical (unpaired) electrons. The maximum Gasteiger partial charge on any atom is 0.147 e. The fraction of sp³-hybridized carbons (Fsp3) is 0.692.